The monoisotopic (exact) mass is 414 g/mol. The minimum Gasteiger partial charge on any atom is -0.497 e. The molecule has 0 fully saturated rings. The molecule has 0 aliphatic carbocycles. The molecule has 0 spiro atoms. The molecule has 0 aliphatic heterocycles. The number of carbonyl (C=O) groups is 2. The van der Waals surface area contributed by atoms with E-state index in [-0.39, 0.29) is 18.4 Å². The van der Waals surface area contributed by atoms with Crippen LogP contribution < -0.4 is 10.1 Å². The normalized spacial score (nSPS) is 11.9. The second kappa shape index (κ2) is 9.38. The number of nitrogens with zero attached hydrogens (tertiary/aromatic N) is 1. The number of ether oxygens (including phenoxy) is 2. The molecule has 29 heavy (non-hydrogen) atoms. The summed E-state index contributed by atoms with van der Waals surface area (Å²) in [5.74, 6) is 0.103. The first-order valence-electron chi connectivity index (χ1n) is 9.07. The van der Waals surface area contributed by atoms with Crippen molar-refractivity contribution in [1.82, 2.24) is 10.3 Å². The Labute approximate surface area is 172 Å². The van der Waals surface area contributed by atoms with Gasteiger partial charge in [0, 0.05) is 5.56 Å². The SMILES string of the molecule is COc1ccc(C(=O)N[C@H](C(=O)OCc2coc(-c3cccs3)n2)C(C)C)cc1. The highest BCUT2D eigenvalue weighted by Crippen LogP contribution is 2.24. The molecule has 0 saturated carbocycles. The van der Waals surface area contributed by atoms with Gasteiger partial charge in [0.2, 0.25) is 5.89 Å². The zero-order chi connectivity index (χ0) is 20.8. The van der Waals surface area contributed by atoms with Crippen molar-refractivity contribution in [3.8, 4) is 16.5 Å². The van der Waals surface area contributed by atoms with E-state index in [1.54, 1.807) is 31.4 Å². The molecule has 3 rings (SSSR count). The highest BCUT2D eigenvalue weighted by molar-refractivity contribution is 7.13. The van der Waals surface area contributed by atoms with Crippen LogP contribution in [0.1, 0.15) is 29.9 Å². The number of aromatic nitrogens is 1. The van der Waals surface area contributed by atoms with Crippen LogP contribution in [0.25, 0.3) is 10.8 Å². The minimum absolute atomic E-state index is 0.0324. The number of nitrogens with one attached hydrogen (secondary N) is 1. The lowest BCUT2D eigenvalue weighted by Gasteiger charge is -2.20. The van der Waals surface area contributed by atoms with Crippen molar-refractivity contribution in [2.24, 2.45) is 5.92 Å². The largest absolute Gasteiger partial charge is 0.497 e. The van der Waals surface area contributed by atoms with Crippen LogP contribution in [0.2, 0.25) is 0 Å². The number of esters is 1. The highest BCUT2D eigenvalue weighted by atomic mass is 32.1. The molecule has 0 saturated heterocycles. The molecule has 152 valence electrons. The Morgan fingerprint density at radius 1 is 1.21 bits per heavy atom. The van der Waals surface area contributed by atoms with Crippen LogP contribution >= 0.6 is 11.3 Å². The van der Waals surface area contributed by atoms with Gasteiger partial charge >= 0.3 is 5.97 Å². The van der Waals surface area contributed by atoms with Crippen LogP contribution in [-0.4, -0.2) is 30.0 Å². The van der Waals surface area contributed by atoms with Crippen molar-refractivity contribution in [1.29, 1.82) is 0 Å². The lowest BCUT2D eigenvalue weighted by Crippen LogP contribution is -2.45. The van der Waals surface area contributed by atoms with Gasteiger partial charge in [-0.15, -0.1) is 11.3 Å². The summed E-state index contributed by atoms with van der Waals surface area (Å²) < 4.78 is 15.9. The molecular weight excluding hydrogens is 392 g/mol. The van der Waals surface area contributed by atoms with Crippen LogP contribution in [0.4, 0.5) is 0 Å². The van der Waals surface area contributed by atoms with Crippen LogP contribution in [0.5, 0.6) is 5.75 Å². The first kappa shape index (κ1) is 20.6. The van der Waals surface area contributed by atoms with E-state index in [9.17, 15) is 9.59 Å². The van der Waals surface area contributed by atoms with Crippen molar-refractivity contribution >= 4 is 23.2 Å². The summed E-state index contributed by atoms with van der Waals surface area (Å²) in [6.45, 7) is 3.64. The summed E-state index contributed by atoms with van der Waals surface area (Å²) in [6.07, 6.45) is 1.46. The molecular formula is C21H22N2O5S. The third-order valence-electron chi connectivity index (χ3n) is 4.21. The molecule has 8 heteroatoms. The van der Waals surface area contributed by atoms with E-state index in [1.807, 2.05) is 31.4 Å². The number of hydrogen-bond donors (Lipinski definition) is 1. The van der Waals surface area contributed by atoms with E-state index >= 15 is 0 Å². The maximum absolute atomic E-state index is 12.5. The van der Waals surface area contributed by atoms with Crippen LogP contribution in [-0.2, 0) is 16.1 Å². The van der Waals surface area contributed by atoms with E-state index in [4.69, 9.17) is 13.9 Å². The van der Waals surface area contributed by atoms with Gasteiger partial charge in [0.1, 0.15) is 30.4 Å². The van der Waals surface area contributed by atoms with Crippen molar-refractivity contribution in [2.75, 3.05) is 7.11 Å². The molecule has 2 aromatic heterocycles. The second-order valence-electron chi connectivity index (χ2n) is 6.65. The minimum atomic E-state index is -0.784. The Balaban J connectivity index is 1.59. The van der Waals surface area contributed by atoms with Crippen LogP contribution in [0.15, 0.2) is 52.5 Å². The van der Waals surface area contributed by atoms with Gasteiger partial charge in [0.05, 0.1) is 12.0 Å². The molecule has 1 N–H and O–H groups in total. The second-order valence-corrected chi connectivity index (χ2v) is 7.60. The molecule has 1 aromatic carbocycles. The van der Waals surface area contributed by atoms with E-state index in [1.165, 1.54) is 17.6 Å². The predicted octanol–water partition coefficient (Wildman–Crippen LogP) is 3.91. The van der Waals surface area contributed by atoms with Gasteiger partial charge in [0.15, 0.2) is 0 Å². The zero-order valence-corrected chi connectivity index (χ0v) is 17.2. The van der Waals surface area contributed by atoms with Crippen molar-refractivity contribution in [3.63, 3.8) is 0 Å². The molecule has 0 aliphatic rings. The number of methoxy groups -OCH3 is 1. The fraction of sp³-hybridized carbons (Fsp3) is 0.286. The molecule has 3 aromatic rings. The molecule has 1 atom stereocenters. The predicted molar refractivity (Wildman–Crippen MR) is 109 cm³/mol. The molecule has 1 amide bonds. The Morgan fingerprint density at radius 2 is 1.97 bits per heavy atom. The smallest absolute Gasteiger partial charge is 0.329 e. The number of amides is 1. The molecule has 0 radical (unpaired) electrons. The quantitative estimate of drug-likeness (QED) is 0.562. The maximum atomic E-state index is 12.5. The molecule has 0 bridgehead atoms. The van der Waals surface area contributed by atoms with Gasteiger partial charge in [0.25, 0.3) is 5.91 Å². The average molecular weight is 414 g/mol. The first-order valence-corrected chi connectivity index (χ1v) is 9.95. The number of oxazole rings is 1. The third kappa shape index (κ3) is 5.23. The van der Waals surface area contributed by atoms with Gasteiger partial charge in [-0.3, -0.25) is 4.79 Å². The highest BCUT2D eigenvalue weighted by Gasteiger charge is 2.26. The maximum Gasteiger partial charge on any atom is 0.329 e. The summed E-state index contributed by atoms with van der Waals surface area (Å²) in [5.41, 5.74) is 0.937. The van der Waals surface area contributed by atoms with Gasteiger partial charge < -0.3 is 19.2 Å². The number of rotatable bonds is 8. The van der Waals surface area contributed by atoms with Crippen LogP contribution in [0.3, 0.4) is 0 Å². The number of hydrogen-bond acceptors (Lipinski definition) is 7. The Kier molecular flexibility index (Phi) is 6.66. The van der Waals surface area contributed by atoms with E-state index in [0.717, 1.165) is 4.88 Å². The van der Waals surface area contributed by atoms with E-state index < -0.39 is 12.0 Å². The Morgan fingerprint density at radius 3 is 2.59 bits per heavy atom. The number of carbonyl (C=O) groups excluding carboxylic acids is 2. The topological polar surface area (TPSA) is 90.7 Å². The fourth-order valence-corrected chi connectivity index (χ4v) is 3.24. The number of thiophene rings is 1. The lowest BCUT2D eigenvalue weighted by atomic mass is 10.0. The summed E-state index contributed by atoms with van der Waals surface area (Å²) in [5, 5.41) is 4.67. The summed E-state index contributed by atoms with van der Waals surface area (Å²) in [6, 6.07) is 9.67. The van der Waals surface area contributed by atoms with Crippen LogP contribution in [0, 0.1) is 5.92 Å². The molecule has 2 heterocycles. The summed E-state index contributed by atoms with van der Waals surface area (Å²) in [7, 11) is 1.55. The van der Waals surface area contributed by atoms with Gasteiger partial charge in [-0.1, -0.05) is 19.9 Å². The van der Waals surface area contributed by atoms with Gasteiger partial charge in [-0.2, -0.15) is 0 Å². The summed E-state index contributed by atoms with van der Waals surface area (Å²) >= 11 is 1.51. The fourth-order valence-electron chi connectivity index (χ4n) is 2.59. The van der Waals surface area contributed by atoms with Gasteiger partial charge in [-0.05, 0) is 41.6 Å². The van der Waals surface area contributed by atoms with Crippen molar-refractivity contribution in [3.05, 3.63) is 59.3 Å². The average Bonchev–Trinajstić information content (AvgIpc) is 3.41. The standard InChI is InChI=1S/C21H22N2O5S/c1-13(2)18(23-19(24)14-6-8-16(26-3)9-7-14)21(25)28-12-15-11-27-20(22-15)17-5-4-10-29-17/h4-11,13,18H,12H2,1-3H3,(H,23,24)/t18-/m0/s1. The third-order valence-corrected chi connectivity index (χ3v) is 5.06. The zero-order valence-electron chi connectivity index (χ0n) is 16.4. The first-order chi connectivity index (χ1) is 14.0. The number of benzene rings is 1. The van der Waals surface area contributed by atoms with E-state index in [0.29, 0.717) is 22.9 Å². The van der Waals surface area contributed by atoms with Crippen molar-refractivity contribution in [2.45, 2.75) is 26.5 Å². The van der Waals surface area contributed by atoms with Gasteiger partial charge in [-0.25, -0.2) is 9.78 Å². The molecule has 0 unspecified atom stereocenters. The Hall–Kier alpha value is -3.13. The van der Waals surface area contributed by atoms with Crippen molar-refractivity contribution < 1.29 is 23.5 Å². The summed E-state index contributed by atoms with van der Waals surface area (Å²) in [4.78, 5) is 30.3. The lowest BCUT2D eigenvalue weighted by molar-refractivity contribution is -0.148. The molecule has 7 nitrogen and oxygen atoms in total. The van der Waals surface area contributed by atoms with E-state index in [2.05, 4.69) is 10.3 Å². The Bertz CT molecular complexity index is 948.